The molecule has 3 unspecified atom stereocenters. The molecule has 0 aromatic rings. The molecule has 1 saturated heterocycles. The molecule has 1 aliphatic rings. The van der Waals surface area contributed by atoms with Crippen LogP contribution in [0.5, 0.6) is 0 Å². The number of hydrogen-bond acceptors (Lipinski definition) is 4. The van der Waals surface area contributed by atoms with Gasteiger partial charge in [0.25, 0.3) is 0 Å². The SMILES string of the molecule is CCC1CC(OC(=O)C(C)C)CC(C(C)C)N1O. The lowest BCUT2D eigenvalue weighted by Gasteiger charge is -2.42. The summed E-state index contributed by atoms with van der Waals surface area (Å²) < 4.78 is 5.54. The number of piperidine rings is 1. The zero-order valence-corrected chi connectivity index (χ0v) is 12.2. The van der Waals surface area contributed by atoms with Crippen LogP contribution in [0.1, 0.15) is 53.9 Å². The maximum absolute atomic E-state index is 11.7. The van der Waals surface area contributed by atoms with Crippen molar-refractivity contribution in [3.63, 3.8) is 0 Å². The fraction of sp³-hybridized carbons (Fsp3) is 0.929. The smallest absolute Gasteiger partial charge is 0.308 e. The molecule has 106 valence electrons. The molecule has 4 heteroatoms. The molecule has 0 aromatic carbocycles. The second-order valence-corrected chi connectivity index (χ2v) is 5.94. The molecule has 1 N–H and O–H groups in total. The van der Waals surface area contributed by atoms with Crippen molar-refractivity contribution >= 4 is 5.97 Å². The summed E-state index contributed by atoms with van der Waals surface area (Å²) in [7, 11) is 0. The Morgan fingerprint density at radius 1 is 1.33 bits per heavy atom. The van der Waals surface area contributed by atoms with Gasteiger partial charge in [-0.05, 0) is 12.3 Å². The van der Waals surface area contributed by atoms with Crippen molar-refractivity contribution in [2.24, 2.45) is 11.8 Å². The Morgan fingerprint density at radius 3 is 2.39 bits per heavy atom. The van der Waals surface area contributed by atoms with Gasteiger partial charge in [-0.3, -0.25) is 4.79 Å². The first-order valence-corrected chi connectivity index (χ1v) is 7.04. The maximum atomic E-state index is 11.7. The van der Waals surface area contributed by atoms with Crippen LogP contribution in [0.3, 0.4) is 0 Å². The lowest BCUT2D eigenvalue weighted by molar-refractivity contribution is -0.211. The Bertz CT molecular complexity index is 278. The van der Waals surface area contributed by atoms with Crippen LogP contribution in [0.4, 0.5) is 0 Å². The summed E-state index contributed by atoms with van der Waals surface area (Å²) in [5.74, 6) is 0.128. The number of carbonyl (C=O) groups excluding carboxylic acids is 1. The van der Waals surface area contributed by atoms with Crippen LogP contribution < -0.4 is 0 Å². The van der Waals surface area contributed by atoms with Gasteiger partial charge in [-0.2, -0.15) is 5.06 Å². The van der Waals surface area contributed by atoms with E-state index >= 15 is 0 Å². The molecule has 18 heavy (non-hydrogen) atoms. The van der Waals surface area contributed by atoms with Gasteiger partial charge in [-0.15, -0.1) is 0 Å². The summed E-state index contributed by atoms with van der Waals surface area (Å²) in [6.45, 7) is 9.93. The molecule has 3 atom stereocenters. The average Bonchev–Trinajstić information content (AvgIpc) is 2.30. The third-order valence-electron chi connectivity index (χ3n) is 3.75. The minimum absolute atomic E-state index is 0.0550. The molecule has 1 aliphatic heterocycles. The van der Waals surface area contributed by atoms with E-state index in [9.17, 15) is 10.0 Å². The number of hydrogen-bond donors (Lipinski definition) is 1. The van der Waals surface area contributed by atoms with E-state index in [1.807, 2.05) is 13.8 Å². The number of rotatable bonds is 4. The van der Waals surface area contributed by atoms with Gasteiger partial charge >= 0.3 is 5.97 Å². The van der Waals surface area contributed by atoms with Crippen LogP contribution in [-0.2, 0) is 9.53 Å². The molecule has 0 aliphatic carbocycles. The molecule has 1 rings (SSSR count). The fourth-order valence-electron chi connectivity index (χ4n) is 2.48. The highest BCUT2D eigenvalue weighted by Crippen LogP contribution is 2.29. The van der Waals surface area contributed by atoms with E-state index in [-0.39, 0.29) is 30.1 Å². The normalized spacial score (nSPS) is 29.9. The summed E-state index contributed by atoms with van der Waals surface area (Å²) in [6.07, 6.45) is 2.27. The van der Waals surface area contributed by atoms with E-state index in [0.29, 0.717) is 5.92 Å². The van der Waals surface area contributed by atoms with E-state index in [2.05, 4.69) is 20.8 Å². The zero-order valence-electron chi connectivity index (χ0n) is 12.2. The van der Waals surface area contributed by atoms with Crippen LogP contribution in [0.2, 0.25) is 0 Å². The van der Waals surface area contributed by atoms with E-state index < -0.39 is 0 Å². The molecule has 0 aromatic heterocycles. The summed E-state index contributed by atoms with van der Waals surface area (Å²) >= 11 is 0. The summed E-state index contributed by atoms with van der Waals surface area (Å²) in [6, 6.07) is 0.171. The van der Waals surface area contributed by atoms with Gasteiger partial charge in [0, 0.05) is 24.9 Å². The zero-order chi connectivity index (χ0) is 13.9. The van der Waals surface area contributed by atoms with Crippen molar-refractivity contribution in [2.75, 3.05) is 0 Å². The molecular formula is C14H27NO3. The summed E-state index contributed by atoms with van der Waals surface area (Å²) in [5.41, 5.74) is 0. The highest BCUT2D eigenvalue weighted by atomic mass is 16.5. The lowest BCUT2D eigenvalue weighted by atomic mass is 9.88. The first-order chi connectivity index (χ1) is 8.36. The third-order valence-corrected chi connectivity index (χ3v) is 3.75. The van der Waals surface area contributed by atoms with Gasteiger partial charge in [0.05, 0.1) is 5.92 Å². The van der Waals surface area contributed by atoms with Gasteiger partial charge in [0.2, 0.25) is 0 Å². The fourth-order valence-corrected chi connectivity index (χ4v) is 2.48. The molecular weight excluding hydrogens is 230 g/mol. The highest BCUT2D eigenvalue weighted by Gasteiger charge is 2.37. The Morgan fingerprint density at radius 2 is 1.94 bits per heavy atom. The molecule has 0 saturated carbocycles. The molecule has 0 bridgehead atoms. The second kappa shape index (κ2) is 6.53. The van der Waals surface area contributed by atoms with E-state index in [1.165, 1.54) is 5.06 Å². The average molecular weight is 257 g/mol. The number of ether oxygens (including phenoxy) is 1. The van der Waals surface area contributed by atoms with Crippen molar-refractivity contribution in [2.45, 2.75) is 72.1 Å². The Balaban J connectivity index is 2.68. The summed E-state index contributed by atoms with van der Waals surface area (Å²) in [4.78, 5) is 11.7. The van der Waals surface area contributed by atoms with Crippen molar-refractivity contribution in [1.82, 2.24) is 5.06 Å². The van der Waals surface area contributed by atoms with Crippen molar-refractivity contribution < 1.29 is 14.7 Å². The van der Waals surface area contributed by atoms with Gasteiger partial charge in [-0.25, -0.2) is 0 Å². The number of hydroxylamine groups is 2. The standard InChI is InChI=1S/C14H27NO3/c1-6-11-7-12(18-14(16)10(4)5)8-13(9(2)3)15(11)17/h9-13,17H,6-8H2,1-5H3. The minimum atomic E-state index is -0.135. The predicted octanol–water partition coefficient (Wildman–Crippen LogP) is 2.84. The molecule has 4 nitrogen and oxygen atoms in total. The van der Waals surface area contributed by atoms with E-state index in [4.69, 9.17) is 4.74 Å². The number of carbonyl (C=O) groups is 1. The van der Waals surface area contributed by atoms with Crippen LogP contribution in [0, 0.1) is 11.8 Å². The molecule has 0 radical (unpaired) electrons. The van der Waals surface area contributed by atoms with Crippen molar-refractivity contribution in [1.29, 1.82) is 0 Å². The van der Waals surface area contributed by atoms with Gasteiger partial charge in [0.1, 0.15) is 6.10 Å². The second-order valence-electron chi connectivity index (χ2n) is 5.94. The predicted molar refractivity (Wildman–Crippen MR) is 70.3 cm³/mol. The van der Waals surface area contributed by atoms with E-state index in [0.717, 1.165) is 19.3 Å². The van der Waals surface area contributed by atoms with Crippen LogP contribution in [0.15, 0.2) is 0 Å². The number of nitrogens with zero attached hydrogens (tertiary/aromatic N) is 1. The maximum Gasteiger partial charge on any atom is 0.308 e. The molecule has 1 fully saturated rings. The Hall–Kier alpha value is -0.610. The first-order valence-electron chi connectivity index (χ1n) is 7.04. The van der Waals surface area contributed by atoms with Crippen LogP contribution in [0.25, 0.3) is 0 Å². The molecule has 0 spiro atoms. The topological polar surface area (TPSA) is 49.8 Å². The summed E-state index contributed by atoms with van der Waals surface area (Å²) in [5, 5.41) is 11.6. The van der Waals surface area contributed by atoms with E-state index in [1.54, 1.807) is 0 Å². The first kappa shape index (κ1) is 15.4. The van der Waals surface area contributed by atoms with Crippen molar-refractivity contribution in [3.8, 4) is 0 Å². The Kier molecular flexibility index (Phi) is 5.60. The third kappa shape index (κ3) is 3.69. The van der Waals surface area contributed by atoms with Gasteiger partial charge < -0.3 is 9.94 Å². The minimum Gasteiger partial charge on any atom is -0.462 e. The monoisotopic (exact) mass is 257 g/mol. The van der Waals surface area contributed by atoms with Gasteiger partial charge in [-0.1, -0.05) is 34.6 Å². The number of esters is 1. The van der Waals surface area contributed by atoms with Crippen molar-refractivity contribution in [3.05, 3.63) is 0 Å². The lowest BCUT2D eigenvalue weighted by Crippen LogP contribution is -2.51. The largest absolute Gasteiger partial charge is 0.462 e. The van der Waals surface area contributed by atoms with Gasteiger partial charge in [0.15, 0.2) is 0 Å². The molecule has 0 amide bonds. The molecule has 1 heterocycles. The highest BCUT2D eigenvalue weighted by molar-refractivity contribution is 5.71. The quantitative estimate of drug-likeness (QED) is 0.787. The van der Waals surface area contributed by atoms with Crippen LogP contribution >= 0.6 is 0 Å². The Labute approximate surface area is 110 Å². The van der Waals surface area contributed by atoms with Crippen LogP contribution in [-0.4, -0.2) is 34.4 Å².